The highest BCUT2D eigenvalue weighted by Gasteiger charge is 2.03. The van der Waals surface area contributed by atoms with E-state index in [-0.39, 0.29) is 0 Å². The second-order valence-electron chi connectivity index (χ2n) is 2.46. The number of hydrogen-bond donors (Lipinski definition) is 1. The topological polar surface area (TPSA) is 51.8 Å². The molecule has 0 saturated heterocycles. The van der Waals surface area contributed by atoms with Crippen molar-refractivity contribution in [2.45, 2.75) is 0 Å². The SMILES string of the molecule is Nc1nnc(-c2cccc(Br)c2)s1. The molecule has 0 aliphatic rings. The van der Waals surface area contributed by atoms with E-state index >= 15 is 0 Å². The molecule has 0 amide bonds. The molecule has 0 saturated carbocycles. The van der Waals surface area contributed by atoms with Crippen molar-refractivity contribution in [3.63, 3.8) is 0 Å². The summed E-state index contributed by atoms with van der Waals surface area (Å²) in [6, 6.07) is 7.88. The quantitative estimate of drug-likeness (QED) is 0.853. The third-order valence-electron chi connectivity index (χ3n) is 1.51. The van der Waals surface area contributed by atoms with Gasteiger partial charge in [-0.1, -0.05) is 39.4 Å². The van der Waals surface area contributed by atoms with Gasteiger partial charge in [0.15, 0.2) is 0 Å². The molecule has 5 heteroatoms. The van der Waals surface area contributed by atoms with E-state index in [0.717, 1.165) is 15.0 Å². The Bertz CT molecular complexity index is 427. The second kappa shape index (κ2) is 3.43. The molecule has 2 aromatic rings. The van der Waals surface area contributed by atoms with Gasteiger partial charge in [-0.3, -0.25) is 0 Å². The van der Waals surface area contributed by atoms with E-state index in [1.807, 2.05) is 24.3 Å². The average Bonchev–Trinajstić information content (AvgIpc) is 2.52. The summed E-state index contributed by atoms with van der Waals surface area (Å²) in [7, 11) is 0. The number of nitrogen functional groups attached to an aromatic ring is 1. The second-order valence-corrected chi connectivity index (χ2v) is 4.38. The van der Waals surface area contributed by atoms with Crippen molar-refractivity contribution in [2.24, 2.45) is 0 Å². The van der Waals surface area contributed by atoms with Crippen molar-refractivity contribution < 1.29 is 0 Å². The van der Waals surface area contributed by atoms with Crippen molar-refractivity contribution >= 4 is 32.4 Å². The van der Waals surface area contributed by atoms with Crippen LogP contribution in [0, 0.1) is 0 Å². The zero-order chi connectivity index (χ0) is 9.26. The van der Waals surface area contributed by atoms with Crippen LogP contribution in [-0.2, 0) is 0 Å². The van der Waals surface area contributed by atoms with Gasteiger partial charge in [0, 0.05) is 10.0 Å². The summed E-state index contributed by atoms with van der Waals surface area (Å²) in [5, 5.41) is 9.04. The van der Waals surface area contributed by atoms with E-state index in [9.17, 15) is 0 Å². The fraction of sp³-hybridized carbons (Fsp3) is 0. The molecule has 0 aliphatic carbocycles. The van der Waals surface area contributed by atoms with Gasteiger partial charge in [0.1, 0.15) is 5.01 Å². The van der Waals surface area contributed by atoms with Gasteiger partial charge in [0.05, 0.1) is 0 Å². The smallest absolute Gasteiger partial charge is 0.203 e. The van der Waals surface area contributed by atoms with E-state index in [0.29, 0.717) is 5.13 Å². The Labute approximate surface area is 87.7 Å². The molecule has 1 aromatic heterocycles. The number of hydrogen-bond acceptors (Lipinski definition) is 4. The lowest BCUT2D eigenvalue weighted by Gasteiger charge is -1.94. The minimum atomic E-state index is 0.495. The predicted octanol–water partition coefficient (Wildman–Crippen LogP) is 2.55. The molecule has 0 bridgehead atoms. The van der Waals surface area contributed by atoms with Crippen LogP contribution in [0.15, 0.2) is 28.7 Å². The molecule has 3 nitrogen and oxygen atoms in total. The van der Waals surface area contributed by atoms with Crippen LogP contribution in [0.4, 0.5) is 5.13 Å². The molecule has 1 aromatic carbocycles. The lowest BCUT2D eigenvalue weighted by Crippen LogP contribution is -1.80. The summed E-state index contributed by atoms with van der Waals surface area (Å²) in [5.41, 5.74) is 6.52. The largest absolute Gasteiger partial charge is 0.374 e. The molecule has 0 fully saturated rings. The van der Waals surface area contributed by atoms with Gasteiger partial charge in [-0.15, -0.1) is 10.2 Å². The number of rotatable bonds is 1. The summed E-state index contributed by atoms with van der Waals surface area (Å²) >= 11 is 4.78. The Balaban J connectivity index is 2.46. The van der Waals surface area contributed by atoms with Crippen LogP contribution >= 0.6 is 27.3 Å². The molecule has 0 radical (unpaired) electrons. The third-order valence-corrected chi connectivity index (χ3v) is 2.81. The number of halogens is 1. The van der Waals surface area contributed by atoms with Crippen LogP contribution in [0.1, 0.15) is 0 Å². The molecule has 2 rings (SSSR count). The number of nitrogens with two attached hydrogens (primary N) is 1. The van der Waals surface area contributed by atoms with Crippen molar-refractivity contribution in [1.29, 1.82) is 0 Å². The van der Waals surface area contributed by atoms with Crippen molar-refractivity contribution in [2.75, 3.05) is 5.73 Å². The van der Waals surface area contributed by atoms with Crippen LogP contribution in [0.25, 0.3) is 10.6 Å². The normalized spacial score (nSPS) is 10.2. The molecule has 13 heavy (non-hydrogen) atoms. The third kappa shape index (κ3) is 1.87. The van der Waals surface area contributed by atoms with Gasteiger partial charge in [-0.05, 0) is 12.1 Å². The monoisotopic (exact) mass is 255 g/mol. The maximum absolute atomic E-state index is 5.49. The Morgan fingerprint density at radius 3 is 2.77 bits per heavy atom. The fourth-order valence-electron chi connectivity index (χ4n) is 0.973. The first-order valence-corrected chi connectivity index (χ1v) is 5.21. The van der Waals surface area contributed by atoms with Gasteiger partial charge in [-0.25, -0.2) is 0 Å². The van der Waals surface area contributed by atoms with E-state index < -0.39 is 0 Å². The fourth-order valence-corrected chi connectivity index (χ4v) is 1.98. The molecule has 0 atom stereocenters. The summed E-state index contributed by atoms with van der Waals surface area (Å²) in [4.78, 5) is 0. The van der Waals surface area contributed by atoms with Crippen molar-refractivity contribution in [1.82, 2.24) is 10.2 Å². The molecule has 66 valence electrons. The molecule has 0 spiro atoms. The first-order valence-electron chi connectivity index (χ1n) is 3.60. The standard InChI is InChI=1S/C8H6BrN3S/c9-6-3-1-2-5(4-6)7-11-12-8(10)13-7/h1-4H,(H2,10,12). The number of anilines is 1. The minimum Gasteiger partial charge on any atom is -0.374 e. The number of benzene rings is 1. The Kier molecular flexibility index (Phi) is 2.28. The zero-order valence-corrected chi connectivity index (χ0v) is 8.97. The maximum atomic E-state index is 5.49. The summed E-state index contributed by atoms with van der Waals surface area (Å²) in [6.45, 7) is 0. The van der Waals surface area contributed by atoms with E-state index in [2.05, 4.69) is 26.1 Å². The molecule has 2 N–H and O–H groups in total. The summed E-state index contributed by atoms with van der Waals surface area (Å²) in [6.07, 6.45) is 0. The first kappa shape index (κ1) is 8.65. The highest BCUT2D eigenvalue weighted by atomic mass is 79.9. The average molecular weight is 256 g/mol. The van der Waals surface area contributed by atoms with Gasteiger partial charge in [-0.2, -0.15) is 0 Å². The van der Waals surface area contributed by atoms with Crippen LogP contribution < -0.4 is 5.73 Å². The lowest BCUT2D eigenvalue weighted by atomic mass is 10.2. The van der Waals surface area contributed by atoms with Crippen LogP contribution in [-0.4, -0.2) is 10.2 Å². The number of nitrogens with zero attached hydrogens (tertiary/aromatic N) is 2. The first-order chi connectivity index (χ1) is 6.25. The molecule has 0 unspecified atom stereocenters. The molecular formula is C8H6BrN3S. The highest BCUT2D eigenvalue weighted by Crippen LogP contribution is 2.26. The van der Waals surface area contributed by atoms with E-state index in [1.54, 1.807) is 0 Å². The Hall–Kier alpha value is -0.940. The predicted molar refractivity (Wildman–Crippen MR) is 57.5 cm³/mol. The highest BCUT2D eigenvalue weighted by molar-refractivity contribution is 9.10. The zero-order valence-electron chi connectivity index (χ0n) is 6.57. The Morgan fingerprint density at radius 2 is 2.15 bits per heavy atom. The number of aromatic nitrogens is 2. The van der Waals surface area contributed by atoms with Gasteiger partial charge in [0.25, 0.3) is 0 Å². The van der Waals surface area contributed by atoms with E-state index in [4.69, 9.17) is 5.73 Å². The minimum absolute atomic E-state index is 0.495. The summed E-state index contributed by atoms with van der Waals surface area (Å²) in [5.74, 6) is 0. The Morgan fingerprint density at radius 1 is 1.31 bits per heavy atom. The molecule has 1 heterocycles. The molecular weight excluding hydrogens is 250 g/mol. The summed E-state index contributed by atoms with van der Waals surface area (Å²) < 4.78 is 1.03. The van der Waals surface area contributed by atoms with Gasteiger partial charge in [0.2, 0.25) is 5.13 Å². The van der Waals surface area contributed by atoms with Gasteiger partial charge < -0.3 is 5.73 Å². The molecule has 0 aliphatic heterocycles. The van der Waals surface area contributed by atoms with E-state index in [1.165, 1.54) is 11.3 Å². The van der Waals surface area contributed by atoms with Gasteiger partial charge >= 0.3 is 0 Å². The van der Waals surface area contributed by atoms with Crippen LogP contribution in [0.3, 0.4) is 0 Å². The van der Waals surface area contributed by atoms with Crippen LogP contribution in [0.5, 0.6) is 0 Å². The van der Waals surface area contributed by atoms with Crippen LogP contribution in [0.2, 0.25) is 0 Å². The maximum Gasteiger partial charge on any atom is 0.203 e. The van der Waals surface area contributed by atoms with Crippen molar-refractivity contribution in [3.8, 4) is 10.6 Å². The van der Waals surface area contributed by atoms with Crippen molar-refractivity contribution in [3.05, 3.63) is 28.7 Å². The lowest BCUT2D eigenvalue weighted by molar-refractivity contribution is 1.10.